The van der Waals surface area contributed by atoms with Crippen LogP contribution in [0.2, 0.25) is 5.02 Å². The van der Waals surface area contributed by atoms with Crippen molar-refractivity contribution in [2.24, 2.45) is 0 Å². The van der Waals surface area contributed by atoms with Crippen LogP contribution in [-0.4, -0.2) is 75.4 Å². The summed E-state index contributed by atoms with van der Waals surface area (Å²) in [6.45, 7) is 3.62. The van der Waals surface area contributed by atoms with Gasteiger partial charge in [0.15, 0.2) is 0 Å². The molecular weight excluding hydrogens is 388 g/mol. The summed E-state index contributed by atoms with van der Waals surface area (Å²) >= 11 is 6.02. The molecule has 8 heteroatoms. The molecule has 3 rings (SSSR count). The maximum Gasteiger partial charge on any atom is 0.211 e. The van der Waals surface area contributed by atoms with Gasteiger partial charge < -0.3 is 14.4 Å². The van der Waals surface area contributed by atoms with E-state index in [-0.39, 0.29) is 5.60 Å². The summed E-state index contributed by atoms with van der Waals surface area (Å²) in [5.74, 6) is 0.759. The molecule has 1 aromatic carbocycles. The largest absolute Gasteiger partial charge is 0.491 e. The van der Waals surface area contributed by atoms with Crippen LogP contribution >= 0.6 is 11.6 Å². The fraction of sp³-hybridized carbons (Fsp3) is 0.684. The number of hydrogen-bond donors (Lipinski definition) is 0. The molecule has 2 fully saturated rings. The predicted octanol–water partition coefficient (Wildman–Crippen LogP) is 2.62. The quantitative estimate of drug-likeness (QED) is 0.713. The maximum absolute atomic E-state index is 11.7. The van der Waals surface area contributed by atoms with E-state index < -0.39 is 10.0 Å². The lowest BCUT2D eigenvalue weighted by atomic mass is 9.90. The van der Waals surface area contributed by atoms with Crippen molar-refractivity contribution in [3.05, 3.63) is 29.3 Å². The highest BCUT2D eigenvalue weighted by atomic mass is 35.5. The third-order valence-electron chi connectivity index (χ3n) is 5.85. The summed E-state index contributed by atoms with van der Waals surface area (Å²) in [6.07, 6.45) is 4.88. The molecule has 2 aliphatic heterocycles. The van der Waals surface area contributed by atoms with Crippen LogP contribution in [0.1, 0.15) is 25.7 Å². The zero-order valence-electron chi connectivity index (χ0n) is 16.1. The second kappa shape index (κ2) is 8.66. The van der Waals surface area contributed by atoms with Crippen LogP contribution in [0.5, 0.6) is 5.75 Å². The third kappa shape index (κ3) is 5.35. The van der Waals surface area contributed by atoms with Gasteiger partial charge in [0.05, 0.1) is 6.26 Å². The molecule has 152 valence electrons. The Balaban J connectivity index is 1.51. The Morgan fingerprint density at radius 3 is 2.41 bits per heavy atom. The Bertz CT molecular complexity index is 727. The molecular formula is C19H29ClN2O4S. The molecule has 0 saturated carbocycles. The lowest BCUT2D eigenvalue weighted by Gasteiger charge is -2.45. The molecule has 1 aromatic rings. The van der Waals surface area contributed by atoms with Crippen LogP contribution in [0.4, 0.5) is 0 Å². The number of benzene rings is 1. The number of halogens is 1. The number of ether oxygens (including phenoxy) is 2. The predicted molar refractivity (Wildman–Crippen MR) is 107 cm³/mol. The summed E-state index contributed by atoms with van der Waals surface area (Å²) in [4.78, 5) is 2.48. The van der Waals surface area contributed by atoms with Crippen molar-refractivity contribution < 1.29 is 17.9 Å². The van der Waals surface area contributed by atoms with Crippen LogP contribution in [0, 0.1) is 0 Å². The lowest BCUT2D eigenvalue weighted by molar-refractivity contribution is -0.0900. The smallest absolute Gasteiger partial charge is 0.211 e. The van der Waals surface area contributed by atoms with Crippen LogP contribution in [0.3, 0.4) is 0 Å². The van der Waals surface area contributed by atoms with Crippen molar-refractivity contribution in [3.8, 4) is 5.75 Å². The van der Waals surface area contributed by atoms with Gasteiger partial charge in [-0.05, 0) is 43.9 Å². The molecule has 0 spiro atoms. The molecule has 27 heavy (non-hydrogen) atoms. The fourth-order valence-electron chi connectivity index (χ4n) is 4.01. The molecule has 0 amide bonds. The molecule has 0 aliphatic carbocycles. The highest BCUT2D eigenvalue weighted by molar-refractivity contribution is 7.88. The van der Waals surface area contributed by atoms with Crippen LogP contribution in [-0.2, 0) is 14.8 Å². The second-order valence-electron chi connectivity index (χ2n) is 7.56. The minimum atomic E-state index is -3.07. The fourth-order valence-corrected chi connectivity index (χ4v) is 5.07. The lowest BCUT2D eigenvalue weighted by Crippen LogP contribution is -2.54. The maximum atomic E-state index is 11.7. The summed E-state index contributed by atoms with van der Waals surface area (Å²) < 4.78 is 36.8. The first kappa shape index (κ1) is 20.9. The van der Waals surface area contributed by atoms with Crippen LogP contribution < -0.4 is 4.74 Å². The Morgan fingerprint density at radius 2 is 1.85 bits per heavy atom. The number of likely N-dealkylation sites (tertiary alicyclic amines) is 1. The number of rotatable bonds is 6. The molecule has 0 aromatic heterocycles. The summed E-state index contributed by atoms with van der Waals surface area (Å²) in [6, 6.07) is 7.87. The van der Waals surface area contributed by atoms with Gasteiger partial charge >= 0.3 is 0 Å². The zero-order valence-corrected chi connectivity index (χ0v) is 17.6. The van der Waals surface area contributed by atoms with Gasteiger partial charge in [-0.3, -0.25) is 0 Å². The Morgan fingerprint density at radius 1 is 1.19 bits per heavy atom. The van der Waals surface area contributed by atoms with E-state index in [0.29, 0.717) is 30.8 Å². The molecule has 0 atom stereocenters. The van der Waals surface area contributed by atoms with Gasteiger partial charge in [0.25, 0.3) is 0 Å². The number of nitrogens with zero attached hydrogens (tertiary/aromatic N) is 2. The molecule has 2 saturated heterocycles. The SMILES string of the molecule is COC1(COc2cccc(Cl)c2)CCN(C2CCN(S(C)(=O)=O)CC2)CC1. The van der Waals surface area contributed by atoms with E-state index in [2.05, 4.69) is 4.90 Å². The van der Waals surface area contributed by atoms with E-state index >= 15 is 0 Å². The van der Waals surface area contributed by atoms with E-state index in [9.17, 15) is 8.42 Å². The van der Waals surface area contributed by atoms with Gasteiger partial charge in [0.1, 0.15) is 18.0 Å². The highest BCUT2D eigenvalue weighted by Crippen LogP contribution is 2.30. The van der Waals surface area contributed by atoms with E-state index in [1.165, 1.54) is 6.26 Å². The summed E-state index contributed by atoms with van der Waals surface area (Å²) in [5, 5.41) is 0.661. The summed E-state index contributed by atoms with van der Waals surface area (Å²) in [5.41, 5.74) is -0.285. The van der Waals surface area contributed by atoms with Gasteiger partial charge in [-0.15, -0.1) is 0 Å². The first-order valence-corrected chi connectivity index (χ1v) is 11.7. The van der Waals surface area contributed by atoms with Gasteiger partial charge in [-0.25, -0.2) is 12.7 Å². The van der Waals surface area contributed by atoms with Crippen molar-refractivity contribution >= 4 is 21.6 Å². The Labute approximate surface area is 167 Å². The molecule has 2 heterocycles. The van der Waals surface area contributed by atoms with Crippen molar-refractivity contribution in [1.29, 1.82) is 0 Å². The summed E-state index contributed by atoms with van der Waals surface area (Å²) in [7, 11) is -1.32. The number of hydrogen-bond acceptors (Lipinski definition) is 5. The first-order chi connectivity index (χ1) is 12.8. The van der Waals surface area contributed by atoms with Gasteiger partial charge in [-0.1, -0.05) is 17.7 Å². The van der Waals surface area contributed by atoms with E-state index in [1.54, 1.807) is 11.4 Å². The molecule has 0 bridgehead atoms. The number of sulfonamides is 1. The highest BCUT2D eigenvalue weighted by Gasteiger charge is 2.38. The monoisotopic (exact) mass is 416 g/mol. The van der Waals surface area contributed by atoms with Gasteiger partial charge in [0, 0.05) is 44.4 Å². The van der Waals surface area contributed by atoms with Crippen molar-refractivity contribution in [3.63, 3.8) is 0 Å². The van der Waals surface area contributed by atoms with Gasteiger partial charge in [-0.2, -0.15) is 0 Å². The number of methoxy groups -OCH3 is 1. The molecule has 2 aliphatic rings. The molecule has 0 unspecified atom stereocenters. The minimum absolute atomic E-state index is 0.285. The average molecular weight is 417 g/mol. The molecule has 0 radical (unpaired) electrons. The van der Waals surface area contributed by atoms with Crippen molar-refractivity contribution in [2.75, 3.05) is 46.2 Å². The Kier molecular flexibility index (Phi) is 6.69. The standard InChI is InChI=1S/C19H29ClN2O4S/c1-25-19(15-26-18-5-3-4-16(20)14-18)8-12-21(13-9-19)17-6-10-22(11-7-17)27(2,23)24/h3-5,14,17H,6-13,15H2,1-2H3. The van der Waals surface area contributed by atoms with Crippen molar-refractivity contribution in [1.82, 2.24) is 9.21 Å². The van der Waals surface area contributed by atoms with E-state index in [1.807, 2.05) is 24.3 Å². The normalized spacial score (nSPS) is 22.6. The number of piperidine rings is 2. The van der Waals surface area contributed by atoms with Gasteiger partial charge in [0.2, 0.25) is 10.0 Å². The van der Waals surface area contributed by atoms with Crippen molar-refractivity contribution in [2.45, 2.75) is 37.3 Å². The topological polar surface area (TPSA) is 59.1 Å². The zero-order chi connectivity index (χ0) is 19.5. The van der Waals surface area contributed by atoms with Crippen LogP contribution in [0.25, 0.3) is 0 Å². The van der Waals surface area contributed by atoms with E-state index in [0.717, 1.165) is 44.5 Å². The van der Waals surface area contributed by atoms with Crippen LogP contribution in [0.15, 0.2) is 24.3 Å². The second-order valence-corrected chi connectivity index (χ2v) is 9.98. The minimum Gasteiger partial charge on any atom is -0.491 e. The molecule has 0 N–H and O–H groups in total. The third-order valence-corrected chi connectivity index (χ3v) is 7.39. The first-order valence-electron chi connectivity index (χ1n) is 9.44. The van der Waals surface area contributed by atoms with E-state index in [4.69, 9.17) is 21.1 Å². The molecule has 6 nitrogen and oxygen atoms in total. The average Bonchev–Trinajstić information content (AvgIpc) is 2.66. The Hall–Kier alpha value is -0.860.